The number of aliphatic hydroxyl groups is 1. The molecule has 0 aliphatic heterocycles. The van der Waals surface area contributed by atoms with Crippen molar-refractivity contribution in [3.63, 3.8) is 0 Å². The van der Waals surface area contributed by atoms with Crippen LogP contribution in [0.25, 0.3) is 0 Å². The SMILES string of the molecule is CCCCCCCCCCCCCCCCCCCCCCCC(=O)O[C@H](COC(=O)CCCCCCCCCCCCCCCCC)COP(=O)(O)OC[C@@H](O)COP(=O)(O)OC[C@@H](COC(=O)CCCCCCCCC(C)C)OC(=O)CCCCCCCCCCCCCCCC. The number of phosphoric ester groups is 2. The molecule has 0 radical (unpaired) electrons. The summed E-state index contributed by atoms with van der Waals surface area (Å²) in [5, 5.41) is 10.6. The van der Waals surface area contributed by atoms with Crippen molar-refractivity contribution in [1.29, 1.82) is 0 Å². The summed E-state index contributed by atoms with van der Waals surface area (Å²) in [4.78, 5) is 72.9. The van der Waals surface area contributed by atoms with E-state index < -0.39 is 97.5 Å². The summed E-state index contributed by atoms with van der Waals surface area (Å²) in [6.07, 6.45) is 64.0. The van der Waals surface area contributed by atoms with Gasteiger partial charge in [0.25, 0.3) is 0 Å². The second-order valence-corrected chi connectivity index (χ2v) is 32.2. The van der Waals surface area contributed by atoms with Gasteiger partial charge in [0.2, 0.25) is 0 Å². The molecule has 0 aliphatic carbocycles. The molecule has 2 unspecified atom stereocenters. The second-order valence-electron chi connectivity index (χ2n) is 29.3. The summed E-state index contributed by atoms with van der Waals surface area (Å²) in [7, 11) is -9.91. The molecule has 0 heterocycles. The molecule has 5 atom stereocenters. The van der Waals surface area contributed by atoms with Crippen molar-refractivity contribution in [2.24, 2.45) is 5.92 Å². The van der Waals surface area contributed by atoms with Gasteiger partial charge in [0.1, 0.15) is 19.3 Å². The maximum absolute atomic E-state index is 13.1. The van der Waals surface area contributed by atoms with Crippen molar-refractivity contribution in [3.05, 3.63) is 0 Å². The van der Waals surface area contributed by atoms with Crippen molar-refractivity contribution in [2.45, 2.75) is 445 Å². The van der Waals surface area contributed by atoms with E-state index in [0.29, 0.717) is 31.6 Å². The van der Waals surface area contributed by atoms with Crippen LogP contribution in [0.5, 0.6) is 0 Å². The molecule has 0 saturated carbocycles. The fourth-order valence-corrected chi connectivity index (χ4v) is 14.0. The molecular formula is C80H156O17P2. The molecule has 0 aliphatic rings. The number of esters is 4. The van der Waals surface area contributed by atoms with E-state index in [1.54, 1.807) is 0 Å². The van der Waals surface area contributed by atoms with Gasteiger partial charge in [0.15, 0.2) is 12.2 Å². The molecule has 0 aromatic carbocycles. The maximum atomic E-state index is 13.1. The van der Waals surface area contributed by atoms with E-state index in [1.807, 2.05) is 0 Å². The van der Waals surface area contributed by atoms with E-state index in [-0.39, 0.29) is 25.7 Å². The van der Waals surface area contributed by atoms with Crippen LogP contribution in [-0.4, -0.2) is 96.7 Å². The topological polar surface area (TPSA) is 237 Å². The van der Waals surface area contributed by atoms with Crippen LogP contribution >= 0.6 is 15.6 Å². The van der Waals surface area contributed by atoms with Gasteiger partial charge >= 0.3 is 39.5 Å². The number of phosphoric acid groups is 2. The molecule has 0 bridgehead atoms. The van der Waals surface area contributed by atoms with Crippen LogP contribution in [0.4, 0.5) is 0 Å². The van der Waals surface area contributed by atoms with Crippen LogP contribution in [0.2, 0.25) is 0 Å². The number of ether oxygens (including phenoxy) is 4. The Balaban J connectivity index is 5.20. The van der Waals surface area contributed by atoms with E-state index in [0.717, 1.165) is 96.3 Å². The number of aliphatic hydroxyl groups excluding tert-OH is 1. The molecule has 17 nitrogen and oxygen atoms in total. The van der Waals surface area contributed by atoms with Gasteiger partial charge in [0, 0.05) is 25.7 Å². The zero-order valence-corrected chi connectivity index (χ0v) is 66.4. The molecule has 0 spiro atoms. The van der Waals surface area contributed by atoms with E-state index in [1.165, 1.54) is 244 Å². The van der Waals surface area contributed by atoms with Crippen LogP contribution in [0.3, 0.4) is 0 Å². The highest BCUT2D eigenvalue weighted by Gasteiger charge is 2.30. The third-order valence-electron chi connectivity index (χ3n) is 18.8. The first-order valence-corrected chi connectivity index (χ1v) is 44.6. The minimum Gasteiger partial charge on any atom is -0.462 e. The van der Waals surface area contributed by atoms with Crippen molar-refractivity contribution in [3.8, 4) is 0 Å². The predicted octanol–water partition coefficient (Wildman–Crippen LogP) is 24.0. The molecule has 0 aromatic rings. The molecule has 0 amide bonds. The van der Waals surface area contributed by atoms with Crippen LogP contribution in [0, 0.1) is 5.92 Å². The lowest BCUT2D eigenvalue weighted by Gasteiger charge is -2.21. The summed E-state index contributed by atoms with van der Waals surface area (Å²) in [5.41, 5.74) is 0. The van der Waals surface area contributed by atoms with Gasteiger partial charge in [-0.3, -0.25) is 37.3 Å². The fraction of sp³-hybridized carbons (Fsp3) is 0.950. The third-order valence-corrected chi connectivity index (χ3v) is 20.7. The van der Waals surface area contributed by atoms with Gasteiger partial charge in [0.05, 0.1) is 26.4 Å². The largest absolute Gasteiger partial charge is 0.472 e. The summed E-state index contributed by atoms with van der Waals surface area (Å²) >= 11 is 0. The van der Waals surface area contributed by atoms with Gasteiger partial charge in [-0.15, -0.1) is 0 Å². The molecule has 0 aromatic heterocycles. The molecule has 588 valence electrons. The number of rotatable bonds is 80. The van der Waals surface area contributed by atoms with Crippen molar-refractivity contribution >= 4 is 39.5 Å². The number of carbonyl (C=O) groups is 4. The Hall–Kier alpha value is -1.94. The van der Waals surface area contributed by atoms with E-state index in [9.17, 15) is 43.2 Å². The second kappa shape index (κ2) is 73.0. The van der Waals surface area contributed by atoms with Crippen LogP contribution in [-0.2, 0) is 65.4 Å². The minimum absolute atomic E-state index is 0.107. The first kappa shape index (κ1) is 97.1. The lowest BCUT2D eigenvalue weighted by molar-refractivity contribution is -0.161. The summed E-state index contributed by atoms with van der Waals surface area (Å²) in [5.74, 6) is -1.43. The number of unbranched alkanes of at least 4 members (excludes halogenated alkanes) is 52. The Labute approximate surface area is 607 Å². The highest BCUT2D eigenvalue weighted by molar-refractivity contribution is 7.47. The standard InChI is InChI=1S/C80H156O17P2/c1-6-9-12-15-18-21-24-27-30-31-32-33-34-35-37-40-43-46-49-56-61-66-79(84)96-75(69-90-77(82)63-58-53-47-44-41-39-36-28-25-22-19-16-13-10-7-2)71-94-98(86,87)92-67-74(81)68-93-99(88,89)95-72-76(70-91-78(83)64-59-54-51-50-52-57-62-73(4)5)97-80(85)65-60-55-48-45-42-38-29-26-23-20-17-14-11-8-3/h73-76,81H,6-72H2,1-5H3,(H,86,87)(H,88,89)/t74-,75-,76-/m1/s1. The molecule has 0 saturated heterocycles. The van der Waals surface area contributed by atoms with Gasteiger partial charge < -0.3 is 33.8 Å². The smallest absolute Gasteiger partial charge is 0.462 e. The maximum Gasteiger partial charge on any atom is 0.472 e. The van der Waals surface area contributed by atoms with E-state index in [4.69, 9.17) is 37.0 Å². The normalized spacial score (nSPS) is 13.9. The number of carbonyl (C=O) groups excluding carboxylic acids is 4. The lowest BCUT2D eigenvalue weighted by Crippen LogP contribution is -2.30. The minimum atomic E-state index is -4.96. The first-order valence-electron chi connectivity index (χ1n) is 41.6. The monoisotopic (exact) mass is 1450 g/mol. The number of hydrogen-bond acceptors (Lipinski definition) is 15. The molecule has 0 fully saturated rings. The highest BCUT2D eigenvalue weighted by Crippen LogP contribution is 2.45. The molecule has 19 heteroatoms. The Bertz CT molecular complexity index is 1890. The Morgan fingerprint density at radius 1 is 0.273 bits per heavy atom. The lowest BCUT2D eigenvalue weighted by atomic mass is 10.0. The fourth-order valence-electron chi connectivity index (χ4n) is 12.4. The molecule has 3 N–H and O–H groups in total. The van der Waals surface area contributed by atoms with Crippen molar-refractivity contribution in [1.82, 2.24) is 0 Å². The van der Waals surface area contributed by atoms with Crippen LogP contribution in [0.1, 0.15) is 426 Å². The first-order chi connectivity index (χ1) is 48.0. The van der Waals surface area contributed by atoms with E-state index in [2.05, 4.69) is 34.6 Å². The average molecular weight is 1450 g/mol. The molecule has 99 heavy (non-hydrogen) atoms. The summed E-state index contributed by atoms with van der Waals surface area (Å²) < 4.78 is 68.6. The zero-order chi connectivity index (χ0) is 72.7. The summed E-state index contributed by atoms with van der Waals surface area (Å²) in [6, 6.07) is 0. The van der Waals surface area contributed by atoms with Gasteiger partial charge in [-0.1, -0.05) is 375 Å². The Kier molecular flexibility index (Phi) is 71.6. The predicted molar refractivity (Wildman–Crippen MR) is 405 cm³/mol. The number of hydrogen-bond donors (Lipinski definition) is 3. The third kappa shape index (κ3) is 74.1. The molecule has 0 rings (SSSR count). The quantitative estimate of drug-likeness (QED) is 0.0222. The Morgan fingerprint density at radius 2 is 0.465 bits per heavy atom. The van der Waals surface area contributed by atoms with Crippen molar-refractivity contribution in [2.75, 3.05) is 39.6 Å². The van der Waals surface area contributed by atoms with Gasteiger partial charge in [-0.05, 0) is 31.6 Å². The Morgan fingerprint density at radius 3 is 0.687 bits per heavy atom. The van der Waals surface area contributed by atoms with Gasteiger partial charge in [-0.25, -0.2) is 9.13 Å². The van der Waals surface area contributed by atoms with Crippen molar-refractivity contribution < 1.29 is 80.2 Å². The zero-order valence-electron chi connectivity index (χ0n) is 64.6. The molecular weight excluding hydrogens is 1290 g/mol. The van der Waals surface area contributed by atoms with E-state index >= 15 is 0 Å². The van der Waals surface area contributed by atoms with Crippen LogP contribution in [0.15, 0.2) is 0 Å². The van der Waals surface area contributed by atoms with Crippen LogP contribution < -0.4 is 0 Å². The highest BCUT2D eigenvalue weighted by atomic mass is 31.2. The average Bonchev–Trinajstić information content (AvgIpc) is 1.11. The summed E-state index contributed by atoms with van der Waals surface area (Å²) in [6.45, 7) is 7.24. The van der Waals surface area contributed by atoms with Gasteiger partial charge in [-0.2, -0.15) is 0 Å².